The molecule has 0 aliphatic carbocycles. The molecular weight excluding hydrogens is 376 g/mol. The van der Waals surface area contributed by atoms with Crippen molar-refractivity contribution in [3.05, 3.63) is 34.7 Å². The number of sulfonamides is 1. The third-order valence-electron chi connectivity index (χ3n) is 4.19. The molecule has 0 saturated heterocycles. The molecule has 0 atom stereocenters. The summed E-state index contributed by atoms with van der Waals surface area (Å²) in [5, 5.41) is 0. The summed E-state index contributed by atoms with van der Waals surface area (Å²) in [6, 6.07) is 6.48. The van der Waals surface area contributed by atoms with Crippen LogP contribution < -0.4 is 14.2 Å². The zero-order valence-corrected chi connectivity index (χ0v) is 16.4. The second kappa shape index (κ2) is 7.16. The van der Waals surface area contributed by atoms with Crippen LogP contribution in [-0.2, 0) is 27.8 Å². The van der Waals surface area contributed by atoms with Crippen molar-refractivity contribution in [3.63, 3.8) is 0 Å². The van der Waals surface area contributed by atoms with E-state index in [-0.39, 0.29) is 10.1 Å². The predicted molar refractivity (Wildman–Crippen MR) is 99.5 cm³/mol. The molecule has 1 aliphatic heterocycles. The van der Waals surface area contributed by atoms with Gasteiger partial charge in [0, 0.05) is 31.0 Å². The van der Waals surface area contributed by atoms with Gasteiger partial charge in [0.05, 0.1) is 19.9 Å². The number of thiophene rings is 1. The minimum atomic E-state index is -3.72. The number of rotatable bonds is 5. The van der Waals surface area contributed by atoms with E-state index in [2.05, 4.69) is 4.72 Å². The number of ether oxygens (including phenoxy) is 2. The lowest BCUT2D eigenvalue weighted by Gasteiger charge is -2.25. The summed E-state index contributed by atoms with van der Waals surface area (Å²) in [6.45, 7) is 2.59. The predicted octanol–water partition coefficient (Wildman–Crippen LogP) is 2.47. The Morgan fingerprint density at radius 2 is 1.92 bits per heavy atom. The first-order valence-electron chi connectivity index (χ1n) is 7.96. The van der Waals surface area contributed by atoms with Crippen molar-refractivity contribution in [2.24, 2.45) is 0 Å². The summed E-state index contributed by atoms with van der Waals surface area (Å²) in [7, 11) is -0.715. The summed E-state index contributed by atoms with van der Waals surface area (Å²) < 4.78 is 38.6. The molecule has 1 aromatic carbocycles. The molecule has 0 unspecified atom stereocenters. The maximum atomic E-state index is 12.7. The van der Waals surface area contributed by atoms with Crippen molar-refractivity contribution in [2.75, 3.05) is 25.5 Å². The number of hydrogen-bond donors (Lipinski definition) is 1. The number of amides is 1. The molecular formula is C17H20N2O5S2. The van der Waals surface area contributed by atoms with Gasteiger partial charge in [-0.3, -0.25) is 9.52 Å². The van der Waals surface area contributed by atoms with Gasteiger partial charge in [-0.1, -0.05) is 0 Å². The zero-order valence-electron chi connectivity index (χ0n) is 14.7. The van der Waals surface area contributed by atoms with Crippen LogP contribution in [0, 0.1) is 0 Å². The Morgan fingerprint density at radius 3 is 2.58 bits per heavy atom. The average Bonchev–Trinajstić information content (AvgIpc) is 3.05. The van der Waals surface area contributed by atoms with E-state index in [0.717, 1.165) is 10.4 Å². The first-order valence-corrected chi connectivity index (χ1v) is 10.3. The fourth-order valence-corrected chi connectivity index (χ4v) is 5.40. The number of benzene rings is 1. The highest BCUT2D eigenvalue weighted by Gasteiger charge is 2.25. The van der Waals surface area contributed by atoms with Crippen molar-refractivity contribution in [2.45, 2.75) is 24.1 Å². The van der Waals surface area contributed by atoms with E-state index in [4.69, 9.17) is 9.47 Å². The third-order valence-corrected chi connectivity index (χ3v) is 7.28. The number of fused-ring (bicyclic) bond motifs is 1. The lowest BCUT2D eigenvalue weighted by atomic mass is 10.1. The van der Waals surface area contributed by atoms with Gasteiger partial charge in [0.2, 0.25) is 5.91 Å². The fourth-order valence-electron chi connectivity index (χ4n) is 2.81. The molecule has 2 aromatic rings. The molecule has 7 nitrogen and oxygen atoms in total. The van der Waals surface area contributed by atoms with Gasteiger partial charge in [-0.25, -0.2) is 8.42 Å². The van der Waals surface area contributed by atoms with Crippen molar-refractivity contribution in [1.29, 1.82) is 0 Å². The Balaban J connectivity index is 1.85. The molecule has 1 aromatic heterocycles. The first-order chi connectivity index (χ1) is 12.3. The van der Waals surface area contributed by atoms with Gasteiger partial charge in [-0.2, -0.15) is 0 Å². The summed E-state index contributed by atoms with van der Waals surface area (Å²) in [4.78, 5) is 14.3. The molecule has 0 saturated carbocycles. The zero-order chi connectivity index (χ0) is 18.9. The Hall–Kier alpha value is -2.26. The molecule has 9 heteroatoms. The highest BCUT2D eigenvalue weighted by atomic mass is 32.2. The minimum Gasteiger partial charge on any atom is -0.493 e. The molecule has 140 valence electrons. The van der Waals surface area contributed by atoms with Crippen LogP contribution >= 0.6 is 11.3 Å². The molecule has 0 fully saturated rings. The van der Waals surface area contributed by atoms with Gasteiger partial charge >= 0.3 is 0 Å². The molecule has 2 heterocycles. The van der Waals surface area contributed by atoms with Crippen molar-refractivity contribution < 1.29 is 22.7 Å². The van der Waals surface area contributed by atoms with E-state index in [1.165, 1.54) is 32.5 Å². The second-order valence-corrected chi connectivity index (χ2v) is 8.93. The Morgan fingerprint density at radius 1 is 1.19 bits per heavy atom. The van der Waals surface area contributed by atoms with E-state index in [1.54, 1.807) is 29.2 Å². The van der Waals surface area contributed by atoms with E-state index in [1.807, 2.05) is 0 Å². The smallest absolute Gasteiger partial charge is 0.271 e. The van der Waals surface area contributed by atoms with Gasteiger partial charge < -0.3 is 14.4 Å². The van der Waals surface area contributed by atoms with Gasteiger partial charge in [-0.05, 0) is 30.2 Å². The number of methoxy groups -OCH3 is 2. The molecule has 0 bridgehead atoms. The number of anilines is 1. The highest BCUT2D eigenvalue weighted by molar-refractivity contribution is 7.94. The quantitative estimate of drug-likeness (QED) is 0.839. The van der Waals surface area contributed by atoms with Crippen LogP contribution in [0.4, 0.5) is 5.69 Å². The Labute approximate surface area is 156 Å². The third kappa shape index (κ3) is 3.63. The van der Waals surface area contributed by atoms with Crippen LogP contribution in [0.5, 0.6) is 11.5 Å². The molecule has 0 radical (unpaired) electrons. The molecule has 26 heavy (non-hydrogen) atoms. The monoisotopic (exact) mass is 396 g/mol. The van der Waals surface area contributed by atoms with Crippen LogP contribution in [-0.4, -0.2) is 40.0 Å². The van der Waals surface area contributed by atoms with E-state index in [9.17, 15) is 13.2 Å². The molecule has 1 amide bonds. The van der Waals surface area contributed by atoms with Crippen LogP contribution in [0.15, 0.2) is 28.5 Å². The SMILES string of the molecule is COc1ccc(NS(=O)(=O)c2cc3c(s2)CCN(C(C)=O)C3)cc1OC. The van der Waals surface area contributed by atoms with Gasteiger partial charge in [-0.15, -0.1) is 11.3 Å². The van der Waals surface area contributed by atoms with Crippen molar-refractivity contribution >= 4 is 33.0 Å². The summed E-state index contributed by atoms with van der Waals surface area (Å²) in [5.41, 5.74) is 1.28. The number of nitrogens with zero attached hydrogens (tertiary/aromatic N) is 1. The molecule has 1 N–H and O–H groups in total. The number of carbonyl (C=O) groups is 1. The van der Waals surface area contributed by atoms with Gasteiger partial charge in [0.25, 0.3) is 10.0 Å². The Bertz CT molecular complexity index is 937. The van der Waals surface area contributed by atoms with Crippen LogP contribution in [0.2, 0.25) is 0 Å². The van der Waals surface area contributed by atoms with Crippen LogP contribution in [0.1, 0.15) is 17.4 Å². The lowest BCUT2D eigenvalue weighted by Crippen LogP contribution is -2.33. The van der Waals surface area contributed by atoms with Crippen LogP contribution in [0.3, 0.4) is 0 Å². The average molecular weight is 396 g/mol. The van der Waals surface area contributed by atoms with Crippen molar-refractivity contribution in [1.82, 2.24) is 4.90 Å². The van der Waals surface area contributed by atoms with Crippen LogP contribution in [0.25, 0.3) is 0 Å². The highest BCUT2D eigenvalue weighted by Crippen LogP contribution is 2.34. The largest absolute Gasteiger partial charge is 0.493 e. The summed E-state index contributed by atoms with van der Waals surface area (Å²) >= 11 is 1.25. The lowest BCUT2D eigenvalue weighted by molar-refractivity contribution is -0.129. The Kier molecular flexibility index (Phi) is 5.10. The molecule has 1 aliphatic rings. The minimum absolute atomic E-state index is 0.00490. The van der Waals surface area contributed by atoms with Gasteiger partial charge in [0.15, 0.2) is 11.5 Å². The second-order valence-electron chi connectivity index (χ2n) is 5.88. The maximum absolute atomic E-state index is 12.7. The topological polar surface area (TPSA) is 84.9 Å². The number of nitrogens with one attached hydrogen (secondary N) is 1. The molecule has 0 spiro atoms. The van der Waals surface area contributed by atoms with E-state index >= 15 is 0 Å². The summed E-state index contributed by atoms with van der Waals surface area (Å²) in [5.74, 6) is 0.955. The fraction of sp³-hybridized carbons (Fsp3) is 0.353. The van der Waals surface area contributed by atoms with Gasteiger partial charge in [0.1, 0.15) is 4.21 Å². The van der Waals surface area contributed by atoms with E-state index < -0.39 is 10.0 Å². The maximum Gasteiger partial charge on any atom is 0.271 e. The van der Waals surface area contributed by atoms with E-state index in [0.29, 0.717) is 36.7 Å². The standard InChI is InChI=1S/C17H20N2O5S2/c1-11(20)19-7-6-16-12(10-19)8-17(25-16)26(21,22)18-13-4-5-14(23-2)15(9-13)24-3/h4-5,8-9,18H,6-7,10H2,1-3H3. The molecule has 3 rings (SSSR count). The number of carbonyl (C=O) groups excluding carboxylic acids is 1. The first kappa shape index (κ1) is 18.5. The normalized spacial score (nSPS) is 13.9. The van der Waals surface area contributed by atoms with Crippen molar-refractivity contribution in [3.8, 4) is 11.5 Å². The number of hydrogen-bond acceptors (Lipinski definition) is 6. The summed E-state index contributed by atoms with van der Waals surface area (Å²) in [6.07, 6.45) is 0.672.